The highest BCUT2D eigenvalue weighted by Crippen LogP contribution is 2.40. The molecule has 0 aliphatic heterocycles. The smallest absolute Gasteiger partial charge is 0.418 e. The molecule has 6 heteroatoms. The molecule has 0 saturated heterocycles. The Morgan fingerprint density at radius 1 is 1.32 bits per heavy atom. The van der Waals surface area contributed by atoms with Crippen molar-refractivity contribution in [3.8, 4) is 0 Å². The normalized spacial score (nSPS) is 15.3. The first-order valence-corrected chi connectivity index (χ1v) is 6.04. The van der Waals surface area contributed by atoms with Gasteiger partial charge in [-0.2, -0.15) is 13.2 Å². The molecule has 1 aromatic rings. The maximum atomic E-state index is 12.9. The van der Waals surface area contributed by atoms with Crippen molar-refractivity contribution in [2.24, 2.45) is 0 Å². The van der Waals surface area contributed by atoms with Crippen LogP contribution in [0, 0.1) is 0 Å². The third-order valence-electron chi connectivity index (χ3n) is 3.07. The van der Waals surface area contributed by atoms with Gasteiger partial charge in [0.2, 0.25) is 0 Å². The lowest BCUT2D eigenvalue weighted by Gasteiger charge is -2.27. The van der Waals surface area contributed by atoms with Crippen molar-refractivity contribution in [3.05, 3.63) is 29.8 Å². The molecule has 0 aromatic heterocycles. The molecule has 19 heavy (non-hydrogen) atoms. The van der Waals surface area contributed by atoms with Gasteiger partial charge < -0.3 is 10.0 Å². The average Bonchev–Trinajstić information content (AvgIpc) is 3.12. The first kappa shape index (κ1) is 13.7. The van der Waals surface area contributed by atoms with Crippen molar-refractivity contribution in [1.29, 1.82) is 0 Å². The maximum Gasteiger partial charge on any atom is 0.418 e. The number of aliphatic carboxylic acids is 1. The van der Waals surface area contributed by atoms with E-state index in [0.717, 1.165) is 18.9 Å². The number of carboxylic acids is 1. The van der Waals surface area contributed by atoms with Gasteiger partial charge in [-0.05, 0) is 25.0 Å². The van der Waals surface area contributed by atoms with Gasteiger partial charge >= 0.3 is 12.1 Å². The zero-order chi connectivity index (χ0) is 14.0. The number of hydrogen-bond acceptors (Lipinski definition) is 2. The van der Waals surface area contributed by atoms with Crippen LogP contribution in [-0.4, -0.2) is 23.7 Å². The van der Waals surface area contributed by atoms with E-state index >= 15 is 0 Å². The van der Waals surface area contributed by atoms with Crippen LogP contribution in [0.2, 0.25) is 0 Å². The number of hydrogen-bond donors (Lipinski definition) is 1. The van der Waals surface area contributed by atoms with E-state index in [-0.39, 0.29) is 24.7 Å². The summed E-state index contributed by atoms with van der Waals surface area (Å²) >= 11 is 0. The first-order chi connectivity index (χ1) is 8.89. The standard InChI is InChI=1S/C13H14F3NO2/c14-13(15,16)10-3-1-2-4-11(10)17(9-5-6-9)8-7-12(18)19/h1-4,9H,5-8H2,(H,18,19). The summed E-state index contributed by atoms with van der Waals surface area (Å²) in [6.45, 7) is 0.104. The minimum Gasteiger partial charge on any atom is -0.481 e. The van der Waals surface area contributed by atoms with Gasteiger partial charge in [-0.25, -0.2) is 0 Å². The first-order valence-electron chi connectivity index (χ1n) is 6.04. The molecular weight excluding hydrogens is 259 g/mol. The second kappa shape index (κ2) is 5.11. The van der Waals surface area contributed by atoms with Crippen LogP contribution in [0.5, 0.6) is 0 Å². The fourth-order valence-corrected chi connectivity index (χ4v) is 2.07. The van der Waals surface area contributed by atoms with Gasteiger partial charge in [-0.1, -0.05) is 12.1 Å². The molecule has 1 aromatic carbocycles. The lowest BCUT2D eigenvalue weighted by molar-refractivity contribution is -0.137. The molecule has 0 radical (unpaired) electrons. The molecule has 1 aliphatic rings. The van der Waals surface area contributed by atoms with Crippen LogP contribution < -0.4 is 4.90 Å². The Morgan fingerprint density at radius 3 is 2.47 bits per heavy atom. The zero-order valence-corrected chi connectivity index (χ0v) is 10.2. The minimum absolute atomic E-state index is 0.0304. The van der Waals surface area contributed by atoms with Gasteiger partial charge in [0.25, 0.3) is 0 Å². The molecule has 0 atom stereocenters. The quantitative estimate of drug-likeness (QED) is 0.896. The molecule has 0 amide bonds. The highest BCUT2D eigenvalue weighted by atomic mass is 19.4. The van der Waals surface area contributed by atoms with Crippen molar-refractivity contribution in [3.63, 3.8) is 0 Å². The Morgan fingerprint density at radius 2 is 1.95 bits per heavy atom. The topological polar surface area (TPSA) is 40.5 Å². The highest BCUT2D eigenvalue weighted by Gasteiger charge is 2.38. The van der Waals surface area contributed by atoms with Gasteiger partial charge in [0.15, 0.2) is 0 Å². The lowest BCUT2D eigenvalue weighted by atomic mass is 10.1. The van der Waals surface area contributed by atoms with E-state index in [9.17, 15) is 18.0 Å². The van der Waals surface area contributed by atoms with E-state index in [0.29, 0.717) is 0 Å². The van der Waals surface area contributed by atoms with Gasteiger partial charge in [0.05, 0.1) is 12.0 Å². The lowest BCUT2D eigenvalue weighted by Crippen LogP contribution is -2.30. The fourth-order valence-electron chi connectivity index (χ4n) is 2.07. The molecule has 104 valence electrons. The summed E-state index contributed by atoms with van der Waals surface area (Å²) in [5.74, 6) is -1.00. The van der Waals surface area contributed by atoms with E-state index < -0.39 is 17.7 Å². The molecule has 3 nitrogen and oxygen atoms in total. The maximum absolute atomic E-state index is 12.9. The van der Waals surface area contributed by atoms with Gasteiger partial charge in [0.1, 0.15) is 0 Å². The number of carbonyl (C=O) groups is 1. The fraction of sp³-hybridized carbons (Fsp3) is 0.462. The minimum atomic E-state index is -4.42. The number of halogens is 3. The molecular formula is C13H14F3NO2. The molecule has 1 fully saturated rings. The highest BCUT2D eigenvalue weighted by molar-refractivity contribution is 5.68. The van der Waals surface area contributed by atoms with Crippen molar-refractivity contribution in [1.82, 2.24) is 0 Å². The van der Waals surface area contributed by atoms with Crippen LogP contribution in [-0.2, 0) is 11.0 Å². The predicted octanol–water partition coefficient (Wildman–Crippen LogP) is 3.15. The molecule has 0 unspecified atom stereocenters. The molecule has 0 spiro atoms. The molecule has 1 N–H and O–H groups in total. The third kappa shape index (κ3) is 3.39. The van der Waals surface area contributed by atoms with E-state index in [4.69, 9.17) is 5.11 Å². The van der Waals surface area contributed by atoms with Gasteiger partial charge in [-0.15, -0.1) is 0 Å². The number of rotatable bonds is 5. The molecule has 0 heterocycles. The van der Waals surface area contributed by atoms with Crippen LogP contribution in [0.15, 0.2) is 24.3 Å². The number of nitrogens with zero attached hydrogens (tertiary/aromatic N) is 1. The molecule has 2 rings (SSSR count). The molecule has 1 aliphatic carbocycles. The molecule has 0 bridgehead atoms. The van der Waals surface area contributed by atoms with E-state index in [1.165, 1.54) is 12.1 Å². The van der Waals surface area contributed by atoms with Gasteiger partial charge in [0, 0.05) is 18.3 Å². The summed E-state index contributed by atoms with van der Waals surface area (Å²) < 4.78 is 38.8. The van der Waals surface area contributed by atoms with E-state index in [2.05, 4.69) is 0 Å². The summed E-state index contributed by atoms with van der Waals surface area (Å²) in [7, 11) is 0. The Kier molecular flexibility index (Phi) is 3.68. The predicted molar refractivity (Wildman–Crippen MR) is 64.1 cm³/mol. The average molecular weight is 273 g/mol. The molecule has 1 saturated carbocycles. The summed E-state index contributed by atoms with van der Waals surface area (Å²) in [5, 5.41) is 8.69. The van der Waals surface area contributed by atoms with Crippen molar-refractivity contribution < 1.29 is 23.1 Å². The zero-order valence-electron chi connectivity index (χ0n) is 10.2. The van der Waals surface area contributed by atoms with E-state index in [1.54, 1.807) is 11.0 Å². The second-order valence-corrected chi connectivity index (χ2v) is 4.58. The second-order valence-electron chi connectivity index (χ2n) is 4.58. The number of para-hydroxylation sites is 1. The van der Waals surface area contributed by atoms with Crippen molar-refractivity contribution >= 4 is 11.7 Å². The SMILES string of the molecule is O=C(O)CCN(c1ccccc1C(F)(F)F)C1CC1. The Bertz CT molecular complexity index is 469. The van der Waals surface area contributed by atoms with Crippen molar-refractivity contribution in [2.45, 2.75) is 31.5 Å². The van der Waals surface area contributed by atoms with Crippen molar-refractivity contribution in [2.75, 3.05) is 11.4 Å². The largest absolute Gasteiger partial charge is 0.481 e. The van der Waals surface area contributed by atoms with Crippen LogP contribution in [0.3, 0.4) is 0 Å². The summed E-state index contributed by atoms with van der Waals surface area (Å²) in [6.07, 6.45) is -2.97. The van der Waals surface area contributed by atoms with Crippen LogP contribution in [0.1, 0.15) is 24.8 Å². The summed E-state index contributed by atoms with van der Waals surface area (Å²) in [5.41, 5.74) is -0.619. The summed E-state index contributed by atoms with van der Waals surface area (Å²) in [4.78, 5) is 12.2. The number of alkyl halides is 3. The van der Waals surface area contributed by atoms with Crippen LogP contribution in [0.25, 0.3) is 0 Å². The Hall–Kier alpha value is -1.72. The van der Waals surface area contributed by atoms with Crippen LogP contribution >= 0.6 is 0 Å². The number of benzene rings is 1. The number of anilines is 1. The van der Waals surface area contributed by atoms with Crippen LogP contribution in [0.4, 0.5) is 18.9 Å². The van der Waals surface area contributed by atoms with Gasteiger partial charge in [-0.3, -0.25) is 4.79 Å². The number of carboxylic acid groups (broad SMARTS) is 1. The summed E-state index contributed by atoms with van der Waals surface area (Å²) in [6, 6.07) is 5.35. The van der Waals surface area contributed by atoms with E-state index in [1.807, 2.05) is 0 Å². The Balaban J connectivity index is 2.28. The third-order valence-corrected chi connectivity index (χ3v) is 3.07. The Labute approximate surface area is 108 Å². The monoisotopic (exact) mass is 273 g/mol.